The molecule has 0 aliphatic rings. The minimum atomic E-state index is -0.347. The molecule has 2 N–H and O–H groups in total. The average Bonchev–Trinajstić information content (AvgIpc) is 2.58. The molecule has 0 heterocycles. The molecule has 0 bridgehead atoms. The molecule has 112 valence electrons. The fraction of sp³-hybridized carbons (Fsp3) is 0. The first-order valence-corrected chi connectivity index (χ1v) is 6.88. The lowest BCUT2D eigenvalue weighted by Gasteiger charge is -2.12. The second kappa shape index (κ2) is 5.82. The smallest absolute Gasteiger partial charge is 0.187 e. The summed E-state index contributed by atoms with van der Waals surface area (Å²) in [6.07, 6.45) is 0. The van der Waals surface area contributed by atoms with Crippen molar-refractivity contribution >= 4 is 5.69 Å². The summed E-state index contributed by atoms with van der Waals surface area (Å²) in [4.78, 5) is 3.35. The third kappa shape index (κ3) is 2.85. The first-order valence-electron chi connectivity index (χ1n) is 6.88. The van der Waals surface area contributed by atoms with Crippen molar-refractivity contribution in [1.82, 2.24) is 0 Å². The molecule has 0 radical (unpaired) electrons. The van der Waals surface area contributed by atoms with E-state index in [0.717, 1.165) is 5.56 Å². The Balaban J connectivity index is 2.20. The molecule has 0 aliphatic heterocycles. The van der Waals surface area contributed by atoms with Gasteiger partial charge >= 0.3 is 0 Å². The van der Waals surface area contributed by atoms with Crippen LogP contribution < -0.4 is 0 Å². The van der Waals surface area contributed by atoms with Gasteiger partial charge in [-0.3, -0.25) is 0 Å². The lowest BCUT2D eigenvalue weighted by Crippen LogP contribution is -1.86. The van der Waals surface area contributed by atoms with Crippen molar-refractivity contribution in [1.29, 1.82) is 0 Å². The summed E-state index contributed by atoms with van der Waals surface area (Å²) < 4.78 is 13.1. The molecule has 3 aromatic carbocycles. The van der Waals surface area contributed by atoms with Crippen LogP contribution >= 0.6 is 0 Å². The summed E-state index contributed by atoms with van der Waals surface area (Å²) >= 11 is 0. The lowest BCUT2D eigenvalue weighted by atomic mass is 9.94. The van der Waals surface area contributed by atoms with Gasteiger partial charge in [-0.15, -0.1) is 0 Å². The van der Waals surface area contributed by atoms with E-state index in [9.17, 15) is 14.6 Å². The van der Waals surface area contributed by atoms with E-state index in [4.69, 9.17) is 6.57 Å². The van der Waals surface area contributed by atoms with Gasteiger partial charge in [0.1, 0.15) is 5.82 Å². The first kappa shape index (κ1) is 14.6. The minimum Gasteiger partial charge on any atom is -0.504 e. The summed E-state index contributed by atoms with van der Waals surface area (Å²) in [7, 11) is 0. The second-order valence-corrected chi connectivity index (χ2v) is 5.05. The van der Waals surface area contributed by atoms with E-state index < -0.39 is 0 Å². The quantitative estimate of drug-likeness (QED) is 0.509. The van der Waals surface area contributed by atoms with Gasteiger partial charge in [0.05, 0.1) is 6.57 Å². The fourth-order valence-electron chi connectivity index (χ4n) is 2.40. The van der Waals surface area contributed by atoms with Crippen molar-refractivity contribution in [3.63, 3.8) is 0 Å². The summed E-state index contributed by atoms with van der Waals surface area (Å²) in [6, 6.07) is 15.7. The first-order chi connectivity index (χ1) is 11.1. The van der Waals surface area contributed by atoms with E-state index >= 15 is 0 Å². The van der Waals surface area contributed by atoms with E-state index in [1.807, 2.05) is 0 Å². The maximum Gasteiger partial charge on any atom is 0.187 e. The molecule has 0 fully saturated rings. The number of rotatable bonds is 2. The van der Waals surface area contributed by atoms with Crippen molar-refractivity contribution in [2.75, 3.05) is 0 Å². The minimum absolute atomic E-state index is 0.236. The molecule has 23 heavy (non-hydrogen) atoms. The lowest BCUT2D eigenvalue weighted by molar-refractivity contribution is 0.404. The van der Waals surface area contributed by atoms with Crippen molar-refractivity contribution in [2.45, 2.75) is 0 Å². The Morgan fingerprint density at radius 2 is 1.17 bits per heavy atom. The Bertz CT molecular complexity index is 894. The van der Waals surface area contributed by atoms with Crippen LogP contribution in [0.25, 0.3) is 27.1 Å². The van der Waals surface area contributed by atoms with E-state index in [-0.39, 0.29) is 17.3 Å². The molecule has 3 nitrogen and oxygen atoms in total. The van der Waals surface area contributed by atoms with Gasteiger partial charge in [-0.2, -0.15) is 0 Å². The van der Waals surface area contributed by atoms with E-state index in [0.29, 0.717) is 22.4 Å². The van der Waals surface area contributed by atoms with Crippen molar-refractivity contribution < 1.29 is 14.6 Å². The number of aromatic hydroxyl groups is 2. The largest absolute Gasteiger partial charge is 0.504 e. The fourth-order valence-corrected chi connectivity index (χ4v) is 2.40. The second-order valence-electron chi connectivity index (χ2n) is 5.05. The van der Waals surface area contributed by atoms with Gasteiger partial charge in [-0.25, -0.2) is 9.24 Å². The Kier molecular flexibility index (Phi) is 3.70. The molecule has 0 atom stereocenters. The van der Waals surface area contributed by atoms with Crippen LogP contribution in [0.2, 0.25) is 0 Å². The molecule has 0 unspecified atom stereocenters. The maximum absolute atomic E-state index is 13.1. The van der Waals surface area contributed by atoms with E-state index in [1.165, 1.54) is 24.3 Å². The van der Waals surface area contributed by atoms with Gasteiger partial charge in [0, 0.05) is 0 Å². The molecule has 0 amide bonds. The van der Waals surface area contributed by atoms with Gasteiger partial charge in [0.15, 0.2) is 17.2 Å². The van der Waals surface area contributed by atoms with Crippen LogP contribution in [0.15, 0.2) is 60.7 Å². The van der Waals surface area contributed by atoms with Gasteiger partial charge in [-0.1, -0.05) is 36.4 Å². The zero-order chi connectivity index (χ0) is 16.4. The van der Waals surface area contributed by atoms with Gasteiger partial charge < -0.3 is 10.2 Å². The molecule has 0 saturated carbocycles. The Morgan fingerprint density at radius 1 is 0.739 bits per heavy atom. The van der Waals surface area contributed by atoms with Crippen molar-refractivity contribution in [3.05, 3.63) is 77.9 Å². The third-order valence-electron chi connectivity index (χ3n) is 3.58. The zero-order valence-corrected chi connectivity index (χ0v) is 12.0. The van der Waals surface area contributed by atoms with Crippen LogP contribution in [0.4, 0.5) is 10.1 Å². The maximum atomic E-state index is 13.1. The van der Waals surface area contributed by atoms with Crippen LogP contribution in [-0.4, -0.2) is 10.2 Å². The highest BCUT2D eigenvalue weighted by Crippen LogP contribution is 2.40. The summed E-state index contributed by atoms with van der Waals surface area (Å²) in [5, 5.41) is 19.6. The van der Waals surface area contributed by atoms with Gasteiger partial charge in [0.2, 0.25) is 0 Å². The van der Waals surface area contributed by atoms with E-state index in [2.05, 4.69) is 4.85 Å². The van der Waals surface area contributed by atoms with Crippen LogP contribution in [0.5, 0.6) is 11.5 Å². The summed E-state index contributed by atoms with van der Waals surface area (Å²) in [5.74, 6) is -0.828. The topological polar surface area (TPSA) is 44.8 Å². The monoisotopic (exact) mass is 305 g/mol. The number of hydrogen-bond acceptors (Lipinski definition) is 2. The molecule has 0 aliphatic carbocycles. The average molecular weight is 305 g/mol. The zero-order valence-electron chi connectivity index (χ0n) is 12.0. The summed E-state index contributed by atoms with van der Waals surface area (Å²) in [5.41, 5.74) is 3.36. The van der Waals surface area contributed by atoms with Crippen LogP contribution in [0.3, 0.4) is 0 Å². The number of phenolic OH excluding ortho intramolecular Hbond substituents is 2. The Hall–Kier alpha value is -3.32. The molecule has 4 heteroatoms. The molecule has 0 spiro atoms. The predicted molar refractivity (Wildman–Crippen MR) is 86.9 cm³/mol. The van der Waals surface area contributed by atoms with Crippen molar-refractivity contribution in [2.24, 2.45) is 0 Å². The third-order valence-corrected chi connectivity index (χ3v) is 3.58. The Labute approximate surface area is 132 Å². The molecule has 3 aromatic rings. The Morgan fingerprint density at radius 3 is 1.61 bits per heavy atom. The van der Waals surface area contributed by atoms with Crippen LogP contribution in [-0.2, 0) is 0 Å². The highest BCUT2D eigenvalue weighted by atomic mass is 19.1. The van der Waals surface area contributed by atoms with Crippen LogP contribution in [0, 0.1) is 12.4 Å². The van der Waals surface area contributed by atoms with Crippen LogP contribution in [0.1, 0.15) is 0 Å². The SMILES string of the molecule is [C-]#[N+]c1ccc(-c2cc(O)c(O)cc2-c2ccc(F)cc2)cc1. The predicted octanol–water partition coefficient (Wildman–Crippen LogP) is 5.12. The number of nitrogens with zero attached hydrogens (tertiary/aromatic N) is 1. The standard InChI is InChI=1S/C19H12FNO2/c1-21-15-8-4-13(5-9-15)17-11-19(23)18(22)10-16(17)12-2-6-14(20)7-3-12/h2-11,22-23H. The highest BCUT2D eigenvalue weighted by molar-refractivity contribution is 5.86. The normalized spacial score (nSPS) is 10.3. The molecule has 3 rings (SSSR count). The number of benzene rings is 3. The number of hydrogen-bond donors (Lipinski definition) is 2. The van der Waals surface area contributed by atoms with E-state index in [1.54, 1.807) is 36.4 Å². The summed E-state index contributed by atoms with van der Waals surface area (Å²) in [6.45, 7) is 6.99. The van der Waals surface area contributed by atoms with Crippen molar-refractivity contribution in [3.8, 4) is 33.8 Å². The molecular weight excluding hydrogens is 293 g/mol. The molecular formula is C19H12FNO2. The number of halogens is 1. The number of phenols is 2. The molecule has 0 saturated heterocycles. The van der Waals surface area contributed by atoms with Gasteiger partial charge in [0.25, 0.3) is 0 Å². The van der Waals surface area contributed by atoms with Gasteiger partial charge in [-0.05, 0) is 46.5 Å². The highest BCUT2D eigenvalue weighted by Gasteiger charge is 2.12. The molecule has 0 aromatic heterocycles.